The van der Waals surface area contributed by atoms with Crippen LogP contribution in [0.5, 0.6) is 0 Å². The first-order valence-corrected chi connectivity index (χ1v) is 4.37. The molecule has 0 heterocycles. The molecule has 4 N–H and O–H groups in total. The van der Waals surface area contributed by atoms with Crippen LogP contribution in [-0.2, 0) is 4.79 Å². The maximum absolute atomic E-state index is 10.5. The zero-order valence-electron chi connectivity index (χ0n) is 7.84. The van der Waals surface area contributed by atoms with Crippen molar-refractivity contribution in [2.45, 2.75) is 25.6 Å². The molecule has 0 aromatic carbocycles. The van der Waals surface area contributed by atoms with Crippen LogP contribution in [0, 0.1) is 5.92 Å². The van der Waals surface area contributed by atoms with E-state index in [1.807, 2.05) is 0 Å². The summed E-state index contributed by atoms with van der Waals surface area (Å²) in [5.41, 5.74) is 0.915. The average molecular weight is 202 g/mol. The van der Waals surface area contributed by atoms with Crippen molar-refractivity contribution in [2.75, 3.05) is 6.61 Å². The molecule has 0 fully saturated rings. The second-order valence-electron chi connectivity index (χ2n) is 3.51. The highest BCUT2D eigenvalue weighted by Gasteiger charge is 2.39. The Kier molecular flexibility index (Phi) is 3.25. The highest BCUT2D eigenvalue weighted by Crippen LogP contribution is 2.34. The molecule has 0 bridgehead atoms. The summed E-state index contributed by atoms with van der Waals surface area (Å²) in [6.45, 7) is 1.26. The monoisotopic (exact) mass is 202 g/mol. The van der Waals surface area contributed by atoms with E-state index >= 15 is 0 Å². The Bertz CT molecular complexity index is 270. The molecule has 1 rings (SSSR count). The summed E-state index contributed by atoms with van der Waals surface area (Å²) in [5.74, 6) is -1.73. The number of rotatable bonds is 3. The van der Waals surface area contributed by atoms with E-state index in [2.05, 4.69) is 0 Å². The second kappa shape index (κ2) is 4.08. The van der Waals surface area contributed by atoms with E-state index in [-0.39, 0.29) is 13.0 Å². The van der Waals surface area contributed by atoms with Gasteiger partial charge in [-0.3, -0.25) is 4.79 Å². The first kappa shape index (κ1) is 11.2. The van der Waals surface area contributed by atoms with Crippen LogP contribution in [0.1, 0.15) is 13.3 Å². The summed E-state index contributed by atoms with van der Waals surface area (Å²) in [5, 5.41) is 36.5. The van der Waals surface area contributed by atoms with Gasteiger partial charge in [-0.1, -0.05) is 0 Å². The molecule has 0 saturated heterocycles. The van der Waals surface area contributed by atoms with Crippen LogP contribution in [-0.4, -0.2) is 45.2 Å². The van der Waals surface area contributed by atoms with Crippen LogP contribution in [0.25, 0.3) is 0 Å². The quantitative estimate of drug-likeness (QED) is 0.445. The van der Waals surface area contributed by atoms with E-state index in [0.717, 1.165) is 0 Å². The minimum atomic E-state index is -1.12. The number of hydrogen-bond donors (Lipinski definition) is 4. The van der Waals surface area contributed by atoms with Crippen LogP contribution in [0.4, 0.5) is 0 Å². The minimum absolute atomic E-state index is 0.272. The maximum atomic E-state index is 10.5. The van der Waals surface area contributed by atoms with Gasteiger partial charge in [0.05, 0.1) is 19.1 Å². The van der Waals surface area contributed by atoms with E-state index in [1.165, 1.54) is 0 Å². The predicted octanol–water partition coefficient (Wildman–Crippen LogP) is -0.879. The van der Waals surface area contributed by atoms with Crippen molar-refractivity contribution in [1.29, 1.82) is 0 Å². The van der Waals surface area contributed by atoms with Crippen molar-refractivity contribution in [3.63, 3.8) is 0 Å². The van der Waals surface area contributed by atoms with Crippen molar-refractivity contribution < 1.29 is 25.2 Å². The Balaban J connectivity index is 2.88. The highest BCUT2D eigenvalue weighted by atomic mass is 16.4. The summed E-state index contributed by atoms with van der Waals surface area (Å²) in [4.78, 5) is 10.5. The lowest BCUT2D eigenvalue weighted by molar-refractivity contribution is -0.139. The third-order valence-corrected chi connectivity index (χ3v) is 2.70. The molecule has 0 aromatic rings. The number of hydrogen-bond acceptors (Lipinski definition) is 4. The largest absolute Gasteiger partial charge is 0.481 e. The lowest BCUT2D eigenvalue weighted by Gasteiger charge is -2.17. The standard InChI is InChI=1S/C9H14O5/c1-4-6(3-10)5(2-7(11)12)9(14)8(4)13/h5,8-10,13-14H,2-3H2,1H3,(H,11,12)/t5-,8-,9+/m1/s1. The van der Waals surface area contributed by atoms with Gasteiger partial charge in [-0.25, -0.2) is 0 Å². The fourth-order valence-electron chi connectivity index (χ4n) is 1.84. The Labute approximate surface area is 81.3 Å². The van der Waals surface area contributed by atoms with Crippen LogP contribution in [0.2, 0.25) is 0 Å². The van der Waals surface area contributed by atoms with Crippen molar-refractivity contribution in [1.82, 2.24) is 0 Å². The first-order valence-electron chi connectivity index (χ1n) is 4.37. The minimum Gasteiger partial charge on any atom is -0.481 e. The lowest BCUT2D eigenvalue weighted by Crippen LogP contribution is -2.29. The highest BCUT2D eigenvalue weighted by molar-refractivity contribution is 5.68. The fourth-order valence-corrected chi connectivity index (χ4v) is 1.84. The summed E-state index contributed by atoms with van der Waals surface area (Å²) < 4.78 is 0. The molecule has 1 aliphatic carbocycles. The SMILES string of the molecule is CC1=C(CO)[C@@H](CC(=O)O)[C@H](O)[C@@H]1O. The van der Waals surface area contributed by atoms with Gasteiger partial charge in [-0.15, -0.1) is 0 Å². The number of carboxylic acid groups (broad SMARTS) is 1. The lowest BCUT2D eigenvalue weighted by atomic mass is 9.95. The number of aliphatic hydroxyl groups excluding tert-OH is 3. The smallest absolute Gasteiger partial charge is 0.304 e. The Morgan fingerprint density at radius 2 is 2.00 bits per heavy atom. The predicted molar refractivity (Wildman–Crippen MR) is 47.5 cm³/mol. The van der Waals surface area contributed by atoms with Crippen molar-refractivity contribution in [3.8, 4) is 0 Å². The number of aliphatic carboxylic acids is 1. The van der Waals surface area contributed by atoms with E-state index in [1.54, 1.807) is 6.92 Å². The molecule has 3 atom stereocenters. The van der Waals surface area contributed by atoms with E-state index < -0.39 is 24.1 Å². The van der Waals surface area contributed by atoms with Crippen LogP contribution < -0.4 is 0 Å². The molecule has 14 heavy (non-hydrogen) atoms. The molecule has 80 valence electrons. The van der Waals surface area contributed by atoms with E-state index in [9.17, 15) is 15.0 Å². The number of aliphatic hydroxyl groups is 3. The molecule has 0 spiro atoms. The third kappa shape index (κ3) is 1.79. The zero-order valence-corrected chi connectivity index (χ0v) is 7.84. The van der Waals surface area contributed by atoms with Gasteiger partial charge in [-0.05, 0) is 18.1 Å². The van der Waals surface area contributed by atoms with Gasteiger partial charge >= 0.3 is 5.97 Å². The first-order chi connectivity index (χ1) is 6.49. The van der Waals surface area contributed by atoms with Gasteiger partial charge in [0.25, 0.3) is 0 Å². The maximum Gasteiger partial charge on any atom is 0.304 e. The van der Waals surface area contributed by atoms with Crippen molar-refractivity contribution in [2.24, 2.45) is 5.92 Å². The molecule has 0 unspecified atom stereocenters. The summed E-state index contributed by atoms with van der Waals surface area (Å²) in [7, 11) is 0. The van der Waals surface area contributed by atoms with E-state index in [0.29, 0.717) is 11.1 Å². The molecule has 0 saturated carbocycles. The van der Waals surface area contributed by atoms with Crippen LogP contribution >= 0.6 is 0 Å². The van der Waals surface area contributed by atoms with Crippen LogP contribution in [0.3, 0.4) is 0 Å². The number of carboxylic acids is 1. The molecular formula is C9H14O5. The van der Waals surface area contributed by atoms with Gasteiger partial charge in [0.15, 0.2) is 0 Å². The Morgan fingerprint density at radius 1 is 1.43 bits per heavy atom. The van der Waals surface area contributed by atoms with Gasteiger partial charge in [0.2, 0.25) is 0 Å². The molecule has 1 aliphatic rings. The van der Waals surface area contributed by atoms with Gasteiger partial charge in [0, 0.05) is 5.92 Å². The fraction of sp³-hybridized carbons (Fsp3) is 0.667. The van der Waals surface area contributed by atoms with Gasteiger partial charge in [0.1, 0.15) is 6.10 Å². The molecule has 5 heteroatoms. The molecule has 0 aliphatic heterocycles. The molecule has 0 radical (unpaired) electrons. The van der Waals surface area contributed by atoms with Crippen molar-refractivity contribution >= 4 is 5.97 Å². The molecule has 0 amide bonds. The van der Waals surface area contributed by atoms with Crippen LogP contribution in [0.15, 0.2) is 11.1 Å². The summed E-state index contributed by atoms with van der Waals surface area (Å²) in [6.07, 6.45) is -2.44. The topological polar surface area (TPSA) is 98.0 Å². The molecule has 5 nitrogen and oxygen atoms in total. The summed E-state index contributed by atoms with van der Waals surface area (Å²) in [6, 6.07) is 0. The summed E-state index contributed by atoms with van der Waals surface area (Å²) >= 11 is 0. The average Bonchev–Trinajstić information content (AvgIpc) is 2.31. The van der Waals surface area contributed by atoms with Gasteiger partial charge in [-0.2, -0.15) is 0 Å². The molecular weight excluding hydrogens is 188 g/mol. The molecule has 0 aromatic heterocycles. The van der Waals surface area contributed by atoms with Crippen molar-refractivity contribution in [3.05, 3.63) is 11.1 Å². The third-order valence-electron chi connectivity index (χ3n) is 2.70. The zero-order chi connectivity index (χ0) is 10.9. The van der Waals surface area contributed by atoms with Gasteiger partial charge < -0.3 is 20.4 Å². The van der Waals surface area contributed by atoms with E-state index in [4.69, 9.17) is 10.2 Å². The normalized spacial score (nSPS) is 32.4. The second-order valence-corrected chi connectivity index (χ2v) is 3.51. The Morgan fingerprint density at radius 3 is 2.43 bits per heavy atom. The Hall–Kier alpha value is -0.910. The number of carbonyl (C=O) groups is 1.